The number of epoxide rings is 2. The van der Waals surface area contributed by atoms with Gasteiger partial charge in [0.25, 0.3) is 0 Å². The summed E-state index contributed by atoms with van der Waals surface area (Å²) in [6.07, 6.45) is 0.785. The van der Waals surface area contributed by atoms with Crippen LogP contribution in [-0.2, 0) is 24.5 Å². The molecule has 0 aliphatic carbocycles. The predicted molar refractivity (Wildman–Crippen MR) is 118 cm³/mol. The van der Waals surface area contributed by atoms with Crippen molar-refractivity contribution in [3.8, 4) is 11.5 Å². The van der Waals surface area contributed by atoms with E-state index in [0.717, 1.165) is 43.1 Å². The number of fused-ring (bicyclic) bond motifs is 1. The van der Waals surface area contributed by atoms with E-state index in [4.69, 9.17) is 18.9 Å². The van der Waals surface area contributed by atoms with E-state index in [1.807, 2.05) is 12.1 Å². The standard InChI is InChI=1S/C20H14O4.C6H10O3/c21-15-9-5-13(6-10-15)20(14-7-11-16(22)12-8-14)18-4-2-1-3-17(18)19(23)24-20;1(5-3-8-5)7-2-6-4-9-6/h1-12,21-22H;5-6H,1-4H2. The molecule has 7 heteroatoms. The monoisotopic (exact) mass is 448 g/mol. The first-order valence-electron chi connectivity index (χ1n) is 10.8. The third-order valence-electron chi connectivity index (χ3n) is 5.73. The van der Waals surface area contributed by atoms with Crippen LogP contribution in [0.3, 0.4) is 0 Å². The van der Waals surface area contributed by atoms with E-state index in [1.165, 1.54) is 0 Å². The van der Waals surface area contributed by atoms with E-state index in [0.29, 0.717) is 17.8 Å². The van der Waals surface area contributed by atoms with E-state index >= 15 is 0 Å². The van der Waals surface area contributed by atoms with Crippen LogP contribution in [0.25, 0.3) is 0 Å². The first-order valence-corrected chi connectivity index (χ1v) is 10.8. The quantitative estimate of drug-likeness (QED) is 0.440. The van der Waals surface area contributed by atoms with Crippen molar-refractivity contribution in [2.75, 3.05) is 26.4 Å². The number of phenolic OH excluding ortho intramolecular Hbond substituents is 2. The number of hydrogen-bond acceptors (Lipinski definition) is 7. The summed E-state index contributed by atoms with van der Waals surface area (Å²) in [6.45, 7) is 3.26. The van der Waals surface area contributed by atoms with Gasteiger partial charge in [0, 0.05) is 16.7 Å². The van der Waals surface area contributed by atoms with Crippen molar-refractivity contribution in [2.24, 2.45) is 0 Å². The lowest BCUT2D eigenvalue weighted by Gasteiger charge is -2.30. The van der Waals surface area contributed by atoms with Crippen LogP contribution in [0, 0.1) is 0 Å². The van der Waals surface area contributed by atoms with Gasteiger partial charge in [0.2, 0.25) is 0 Å². The minimum absolute atomic E-state index is 0.136. The Labute approximate surface area is 191 Å². The van der Waals surface area contributed by atoms with Gasteiger partial charge in [-0.15, -0.1) is 0 Å². The fourth-order valence-corrected chi connectivity index (χ4v) is 3.86. The first-order chi connectivity index (χ1) is 16.1. The molecule has 0 saturated carbocycles. The molecule has 0 aromatic heterocycles. The second-order valence-corrected chi connectivity index (χ2v) is 8.16. The maximum Gasteiger partial charge on any atom is 0.340 e. The van der Waals surface area contributed by atoms with E-state index in [1.54, 1.807) is 60.7 Å². The summed E-state index contributed by atoms with van der Waals surface area (Å²) >= 11 is 0. The van der Waals surface area contributed by atoms with Crippen molar-refractivity contribution in [1.29, 1.82) is 0 Å². The van der Waals surface area contributed by atoms with Crippen LogP contribution in [0.5, 0.6) is 11.5 Å². The van der Waals surface area contributed by atoms with E-state index < -0.39 is 11.6 Å². The van der Waals surface area contributed by atoms with Gasteiger partial charge in [0.05, 0.1) is 32.0 Å². The second kappa shape index (κ2) is 8.86. The lowest BCUT2D eigenvalue weighted by atomic mass is 9.80. The maximum absolute atomic E-state index is 12.4. The lowest BCUT2D eigenvalue weighted by molar-refractivity contribution is 0.0251. The Hall–Kier alpha value is -3.39. The number of benzene rings is 3. The highest BCUT2D eigenvalue weighted by Crippen LogP contribution is 2.47. The molecule has 0 spiro atoms. The molecular formula is C26H24O7. The highest BCUT2D eigenvalue weighted by molar-refractivity contribution is 5.96. The van der Waals surface area contributed by atoms with Gasteiger partial charge < -0.3 is 29.2 Å². The predicted octanol–water partition coefficient (Wildman–Crippen LogP) is 3.36. The zero-order valence-corrected chi connectivity index (χ0v) is 17.8. The summed E-state index contributed by atoms with van der Waals surface area (Å²) < 4.78 is 21.0. The molecular weight excluding hydrogens is 424 g/mol. The van der Waals surface area contributed by atoms with Crippen molar-refractivity contribution >= 4 is 5.97 Å². The number of phenols is 2. The van der Waals surface area contributed by atoms with Crippen molar-refractivity contribution in [1.82, 2.24) is 0 Å². The molecule has 6 rings (SSSR count). The molecule has 2 fully saturated rings. The molecule has 2 unspecified atom stereocenters. The zero-order valence-electron chi connectivity index (χ0n) is 17.8. The lowest BCUT2D eigenvalue weighted by Crippen LogP contribution is -2.29. The fourth-order valence-electron chi connectivity index (χ4n) is 3.86. The number of aromatic hydroxyl groups is 2. The average molecular weight is 448 g/mol. The largest absolute Gasteiger partial charge is 0.508 e. The number of cyclic esters (lactones) is 1. The van der Waals surface area contributed by atoms with E-state index in [9.17, 15) is 15.0 Å². The number of rotatable bonds is 6. The Bertz CT molecular complexity index is 1060. The van der Waals surface area contributed by atoms with E-state index in [-0.39, 0.29) is 11.5 Å². The van der Waals surface area contributed by atoms with Gasteiger partial charge in [0.1, 0.15) is 23.7 Å². The number of carbonyl (C=O) groups excluding carboxylic acids is 1. The van der Waals surface area contributed by atoms with Gasteiger partial charge in [-0.1, -0.05) is 42.5 Å². The van der Waals surface area contributed by atoms with Crippen LogP contribution < -0.4 is 0 Å². The molecule has 3 heterocycles. The normalized spacial score (nSPS) is 21.4. The van der Waals surface area contributed by atoms with Gasteiger partial charge in [-0.2, -0.15) is 0 Å². The van der Waals surface area contributed by atoms with Crippen LogP contribution in [-0.4, -0.2) is 54.8 Å². The summed E-state index contributed by atoms with van der Waals surface area (Å²) in [5, 5.41) is 19.2. The number of hydrogen-bond donors (Lipinski definition) is 2. The van der Waals surface area contributed by atoms with Crippen LogP contribution in [0.15, 0.2) is 72.8 Å². The van der Waals surface area contributed by atoms with Crippen LogP contribution in [0.2, 0.25) is 0 Å². The SMILES string of the molecule is C(OCC1CO1)C1CO1.O=C1OC(c2ccc(O)cc2)(c2ccc(O)cc2)c2ccccc21. The molecule has 2 saturated heterocycles. The van der Waals surface area contributed by atoms with Crippen molar-refractivity contribution in [3.63, 3.8) is 0 Å². The number of esters is 1. The smallest absolute Gasteiger partial charge is 0.340 e. The average Bonchev–Trinajstić information content (AvgIpc) is 3.76. The molecule has 3 aliphatic heterocycles. The Morgan fingerprint density at radius 1 is 0.788 bits per heavy atom. The Kier molecular flexibility index (Phi) is 5.76. The van der Waals surface area contributed by atoms with Crippen molar-refractivity contribution in [2.45, 2.75) is 17.8 Å². The highest BCUT2D eigenvalue weighted by atomic mass is 16.6. The minimum atomic E-state index is -1.10. The first kappa shape index (κ1) is 21.5. The van der Waals surface area contributed by atoms with Gasteiger partial charge in [-0.3, -0.25) is 0 Å². The van der Waals surface area contributed by atoms with Crippen LogP contribution in [0.4, 0.5) is 0 Å². The molecule has 2 atom stereocenters. The van der Waals surface area contributed by atoms with Crippen LogP contribution >= 0.6 is 0 Å². The summed E-state index contributed by atoms with van der Waals surface area (Å²) in [5.74, 6) is -0.124. The molecule has 3 aromatic carbocycles. The van der Waals surface area contributed by atoms with Crippen molar-refractivity contribution < 1.29 is 34.0 Å². The van der Waals surface area contributed by atoms with Gasteiger partial charge >= 0.3 is 5.97 Å². The highest BCUT2D eigenvalue weighted by Gasteiger charge is 2.48. The summed E-state index contributed by atoms with van der Waals surface area (Å²) in [4.78, 5) is 12.4. The molecule has 7 nitrogen and oxygen atoms in total. The minimum Gasteiger partial charge on any atom is -0.508 e. The molecule has 170 valence electrons. The molecule has 3 aliphatic rings. The Balaban J connectivity index is 0.000000211. The fraction of sp³-hybridized carbons (Fsp3) is 0.269. The topological polar surface area (TPSA) is 101 Å². The third-order valence-corrected chi connectivity index (χ3v) is 5.73. The summed E-state index contributed by atoms with van der Waals surface area (Å²) in [6, 6.07) is 20.4. The van der Waals surface area contributed by atoms with Crippen molar-refractivity contribution in [3.05, 3.63) is 95.1 Å². The maximum atomic E-state index is 12.4. The van der Waals surface area contributed by atoms with Gasteiger partial charge in [-0.05, 0) is 30.3 Å². The number of carbonyl (C=O) groups is 1. The van der Waals surface area contributed by atoms with Gasteiger partial charge in [-0.25, -0.2) is 4.79 Å². The summed E-state index contributed by atoms with van der Waals surface area (Å²) in [7, 11) is 0. The molecule has 3 aromatic rings. The molecule has 33 heavy (non-hydrogen) atoms. The van der Waals surface area contributed by atoms with Crippen LogP contribution in [0.1, 0.15) is 27.0 Å². The molecule has 2 N–H and O–H groups in total. The molecule has 0 bridgehead atoms. The molecule has 0 radical (unpaired) electrons. The number of ether oxygens (including phenoxy) is 4. The third kappa shape index (κ3) is 4.57. The second-order valence-electron chi connectivity index (χ2n) is 8.16. The Morgan fingerprint density at radius 3 is 1.76 bits per heavy atom. The Morgan fingerprint density at radius 2 is 1.27 bits per heavy atom. The van der Waals surface area contributed by atoms with E-state index in [2.05, 4.69) is 0 Å². The molecule has 0 amide bonds. The van der Waals surface area contributed by atoms with Gasteiger partial charge in [0.15, 0.2) is 5.60 Å². The zero-order chi connectivity index (χ0) is 22.8. The summed E-state index contributed by atoms with van der Waals surface area (Å²) in [5.41, 5.74) is 1.60.